The van der Waals surface area contributed by atoms with Crippen LogP contribution in [-0.4, -0.2) is 23.0 Å². The predicted octanol–water partition coefficient (Wildman–Crippen LogP) is 10.9. The fourth-order valence-electron chi connectivity index (χ4n) is 6.41. The first-order chi connectivity index (χ1) is 26.4. The Morgan fingerprint density at radius 3 is 2.53 bits per heavy atom. The maximum atomic E-state index is 8.69. The molecule has 1 aliphatic carbocycles. The molecule has 8 rings (SSSR count). The average molecular weight is 846 g/mol. The molecule has 0 saturated heterocycles. The molecule has 1 aliphatic rings. The number of nitrogens with zero attached hydrogens (tertiary/aromatic N) is 3. The van der Waals surface area contributed by atoms with E-state index in [1.165, 1.54) is 16.8 Å². The molecule has 0 unspecified atom stereocenters. The van der Waals surface area contributed by atoms with Crippen molar-refractivity contribution in [1.29, 1.82) is 0 Å². The van der Waals surface area contributed by atoms with E-state index in [0.717, 1.165) is 47.9 Å². The number of pyridine rings is 3. The molecule has 4 nitrogen and oxygen atoms in total. The van der Waals surface area contributed by atoms with E-state index in [1.54, 1.807) is 12.1 Å². The summed E-state index contributed by atoms with van der Waals surface area (Å²) in [6.07, 6.45) is 5.27. The predicted molar refractivity (Wildman–Crippen MR) is 202 cm³/mol. The minimum absolute atomic E-state index is 0. The summed E-state index contributed by atoms with van der Waals surface area (Å²) in [5, 5.41) is 3.87. The molecule has 6 heteroatoms. The Bertz CT molecular complexity index is 2630. The summed E-state index contributed by atoms with van der Waals surface area (Å²) in [5.74, 6) is -0.714. The van der Waals surface area contributed by atoms with Crippen LogP contribution < -0.4 is 5.19 Å². The second-order valence-electron chi connectivity index (χ2n) is 13.6. The molecule has 7 aromatic rings. The molecule has 4 heterocycles. The van der Waals surface area contributed by atoms with E-state index >= 15 is 0 Å². The summed E-state index contributed by atoms with van der Waals surface area (Å²) in [6, 6.07) is 22.8. The van der Waals surface area contributed by atoms with Gasteiger partial charge < -0.3 is 14.4 Å². The summed E-state index contributed by atoms with van der Waals surface area (Å²) in [4.78, 5) is 13.1. The van der Waals surface area contributed by atoms with Crippen molar-refractivity contribution in [2.45, 2.75) is 71.4 Å². The monoisotopic (exact) mass is 846 g/mol. The van der Waals surface area contributed by atoms with E-state index in [2.05, 4.69) is 66.0 Å². The van der Waals surface area contributed by atoms with Gasteiger partial charge in [-0.3, -0.25) is 0 Å². The molecule has 1 radical (unpaired) electrons. The number of benzene rings is 3. The number of furan rings is 1. The molecule has 0 bridgehead atoms. The quantitative estimate of drug-likeness (QED) is 0.124. The fraction of sp³-hybridized carbons (Fsp3) is 0.279. The van der Waals surface area contributed by atoms with Crippen molar-refractivity contribution < 1.29 is 35.5 Å². The van der Waals surface area contributed by atoms with E-state index in [-0.39, 0.29) is 77.8 Å². The van der Waals surface area contributed by atoms with Crippen LogP contribution in [0.25, 0.3) is 55.4 Å². The molecule has 0 aliphatic heterocycles. The van der Waals surface area contributed by atoms with Crippen LogP contribution in [0.3, 0.4) is 0 Å². The van der Waals surface area contributed by atoms with E-state index in [9.17, 15) is 0 Å². The van der Waals surface area contributed by atoms with Crippen LogP contribution in [0, 0.1) is 18.1 Å². The summed E-state index contributed by atoms with van der Waals surface area (Å²) in [6.45, 7) is 10.8. The van der Waals surface area contributed by atoms with Crippen LogP contribution in [-0.2, 0) is 26.5 Å². The van der Waals surface area contributed by atoms with Gasteiger partial charge in [-0.05, 0) is 54.3 Å². The van der Waals surface area contributed by atoms with Crippen molar-refractivity contribution in [3.8, 4) is 22.5 Å². The van der Waals surface area contributed by atoms with Gasteiger partial charge >= 0.3 is 0 Å². The Balaban J connectivity index is 0.000000197. The van der Waals surface area contributed by atoms with Crippen LogP contribution in [0.5, 0.6) is 0 Å². The molecule has 0 N–H and O–H groups in total. The van der Waals surface area contributed by atoms with Gasteiger partial charge in [-0.25, -0.2) is 4.98 Å². The molecule has 1 fully saturated rings. The van der Waals surface area contributed by atoms with Crippen LogP contribution in [0.4, 0.5) is 0 Å². The van der Waals surface area contributed by atoms with Gasteiger partial charge in [0.1, 0.15) is 0 Å². The van der Waals surface area contributed by atoms with Gasteiger partial charge in [0.05, 0.1) is 17.8 Å². The van der Waals surface area contributed by atoms with Gasteiger partial charge in [-0.2, -0.15) is 0 Å². The first-order valence-electron chi connectivity index (χ1n) is 20.5. The summed E-state index contributed by atoms with van der Waals surface area (Å²) in [5.41, 5.74) is 4.18. The van der Waals surface area contributed by atoms with Crippen molar-refractivity contribution in [2.24, 2.45) is 5.92 Å². The maximum Gasteiger partial charge on any atom is 0.216 e. The smallest absolute Gasteiger partial charge is 0.216 e. The summed E-state index contributed by atoms with van der Waals surface area (Å²) >= 11 is 0. The minimum Gasteiger partial charge on any atom is -0.486 e. The number of rotatable bonds is 6. The molecule has 251 valence electrons. The number of fused-ring (bicyclic) bond motifs is 4. The third-order valence-corrected chi connectivity index (χ3v) is 10.9. The van der Waals surface area contributed by atoms with Crippen LogP contribution >= 0.6 is 0 Å². The molecule has 0 spiro atoms. The van der Waals surface area contributed by atoms with Gasteiger partial charge in [0.2, 0.25) is 5.71 Å². The SMILES string of the molecule is [2H]C(C)(C)c1cc(-c2[c-]ccc3ccccc23)ncc1[Si](C)(C)C.[2H]c1[c-]c(-c2cc(C([2H])([2H])C3CCCC3)ccn2)c2oc3nc([2H])c([2H])c([2H])c3c2c1[2H].[Ir]. The normalized spacial score (nSPS) is 16.3. The zero-order chi connectivity index (χ0) is 40.3. The van der Waals surface area contributed by atoms with E-state index < -0.39 is 26.5 Å². The first kappa shape index (κ1) is 25.9. The first-order valence-corrected chi connectivity index (χ1v) is 20.0. The van der Waals surface area contributed by atoms with Gasteiger partial charge in [-0.15, -0.1) is 47.3 Å². The largest absolute Gasteiger partial charge is 0.486 e. The zero-order valence-corrected chi connectivity index (χ0v) is 31.7. The third kappa shape index (κ3) is 7.47. The molecule has 0 amide bonds. The molecule has 3 aromatic carbocycles. The Labute approximate surface area is 316 Å². The second kappa shape index (κ2) is 14.9. The van der Waals surface area contributed by atoms with Gasteiger partial charge in [-0.1, -0.05) is 123 Å². The minimum atomic E-state index is -1.56. The van der Waals surface area contributed by atoms with Crippen LogP contribution in [0.1, 0.15) is 67.5 Å². The Kier molecular flexibility index (Phi) is 7.87. The molecule has 4 aromatic heterocycles. The number of hydrogen-bond acceptors (Lipinski definition) is 4. The van der Waals surface area contributed by atoms with Crippen LogP contribution in [0.2, 0.25) is 19.6 Å². The van der Waals surface area contributed by atoms with Crippen LogP contribution in [0.15, 0.2) is 102 Å². The third-order valence-electron chi connectivity index (χ3n) is 8.86. The number of aromatic nitrogens is 3. The molecule has 1 saturated carbocycles. The Morgan fingerprint density at radius 2 is 1.73 bits per heavy atom. The van der Waals surface area contributed by atoms with Gasteiger partial charge in [0, 0.05) is 49.5 Å². The van der Waals surface area contributed by atoms with E-state index in [4.69, 9.17) is 20.4 Å². The number of hydrogen-bond donors (Lipinski definition) is 0. The Hall–Kier alpha value is -3.96. The zero-order valence-electron chi connectivity index (χ0n) is 36.3. The van der Waals surface area contributed by atoms with Gasteiger partial charge in [0.15, 0.2) is 0 Å². The molecule has 49 heavy (non-hydrogen) atoms. The van der Waals surface area contributed by atoms with E-state index in [0.29, 0.717) is 11.3 Å². The summed E-state index contributed by atoms with van der Waals surface area (Å²) < 4.78 is 72.3. The van der Waals surface area contributed by atoms with Crippen molar-refractivity contribution in [2.75, 3.05) is 0 Å². The second-order valence-corrected chi connectivity index (χ2v) is 18.6. The average Bonchev–Trinajstić information content (AvgIpc) is 3.85. The fourth-order valence-corrected chi connectivity index (χ4v) is 7.99. The molecule has 0 atom stereocenters. The maximum absolute atomic E-state index is 8.69. The van der Waals surface area contributed by atoms with Crippen molar-refractivity contribution in [1.82, 2.24) is 15.0 Å². The molecular formula is C43H43IrN3OSi-2. The van der Waals surface area contributed by atoms with Crippen molar-refractivity contribution in [3.63, 3.8) is 0 Å². The topological polar surface area (TPSA) is 51.8 Å². The molecular weight excluding hydrogens is 795 g/mol. The summed E-state index contributed by atoms with van der Waals surface area (Å²) in [7, 11) is -1.56. The van der Waals surface area contributed by atoms with Gasteiger partial charge in [0.25, 0.3) is 0 Å². The standard InChI is InChI=1S/C22H19N2O.C21H24NSi.Ir/c1-2-6-15(5-1)13-16-10-12-23-20(14-16)19-8-3-7-17-18-9-4-11-24-22(18)25-21(17)19;1-15(2)19-13-20(22-14-21(19)23(3,4)5)18-12-8-10-16-9-6-7-11-17(16)18;/h3-4,7,9-12,14-15H,1-2,5-6,13H2;6-11,13-15H,1-5H3;/q2*-1;/i3D,4D,7D,9D,11D,13D2;15D;. The Morgan fingerprint density at radius 1 is 0.939 bits per heavy atom. The van der Waals surface area contributed by atoms with E-state index in [1.807, 2.05) is 38.2 Å². The van der Waals surface area contributed by atoms with Crippen molar-refractivity contribution in [3.05, 3.63) is 121 Å². The van der Waals surface area contributed by atoms with Crippen molar-refractivity contribution >= 4 is 46.1 Å².